The number of aryl methyl sites for hydroxylation is 1. The summed E-state index contributed by atoms with van der Waals surface area (Å²) in [4.78, 5) is 42.0. The Bertz CT molecular complexity index is 3190. The van der Waals surface area contributed by atoms with Crippen LogP contribution in [0.3, 0.4) is 0 Å². The van der Waals surface area contributed by atoms with Crippen molar-refractivity contribution in [1.29, 1.82) is 0 Å². The van der Waals surface area contributed by atoms with Crippen molar-refractivity contribution in [3.63, 3.8) is 0 Å². The Morgan fingerprint density at radius 3 is 1.99 bits per heavy atom. The number of para-hydroxylation sites is 1. The van der Waals surface area contributed by atoms with Gasteiger partial charge in [0.25, 0.3) is 31.6 Å². The average Bonchev–Trinajstić information content (AvgIpc) is 3.51. The Morgan fingerprint density at radius 2 is 1.42 bits per heavy atom. The van der Waals surface area contributed by atoms with Crippen molar-refractivity contribution in [2.75, 3.05) is 10.6 Å². The van der Waals surface area contributed by atoms with Gasteiger partial charge in [0, 0.05) is 58.0 Å². The second-order valence-electron chi connectivity index (χ2n) is 12.5. The maximum absolute atomic E-state index is 12.4. The van der Waals surface area contributed by atoms with Crippen molar-refractivity contribution >= 4 is 109 Å². The summed E-state index contributed by atoms with van der Waals surface area (Å²) in [5.41, 5.74) is -2.44. The number of nitrogens with one attached hydrogen (secondary N) is 1. The van der Waals surface area contributed by atoms with Crippen molar-refractivity contribution in [2.45, 2.75) is 21.5 Å². The second kappa shape index (κ2) is 26.0. The molecule has 0 saturated heterocycles. The maximum atomic E-state index is 12.4. The molecule has 1 aromatic heterocycles. The predicted molar refractivity (Wildman–Crippen MR) is 228 cm³/mol. The van der Waals surface area contributed by atoms with Crippen LogP contribution in [0.4, 0.5) is 39.8 Å². The number of aromatic hydroxyl groups is 3. The fraction of sp³-hybridized carbons (Fsp3) is 0.0857. The summed E-state index contributed by atoms with van der Waals surface area (Å²) < 4.78 is 67.2. The van der Waals surface area contributed by atoms with E-state index in [1.54, 1.807) is 31.2 Å². The van der Waals surface area contributed by atoms with E-state index >= 15 is 0 Å². The maximum Gasteiger partial charge on any atom is 1.00 e. The first kappa shape index (κ1) is 61.6. The third-order valence-corrected chi connectivity index (χ3v) is 12.2. The molecule has 0 aliphatic rings. The molecule has 6 aromatic rings. The summed E-state index contributed by atoms with van der Waals surface area (Å²) in [6.07, 6.45) is 0. The minimum Gasteiger partial charge on any atom is -0.506 e. The van der Waals surface area contributed by atoms with Gasteiger partial charge in [0.05, 0.1) is 15.5 Å². The van der Waals surface area contributed by atoms with Crippen molar-refractivity contribution in [1.82, 2.24) is 9.78 Å². The molecule has 1 heterocycles. The van der Waals surface area contributed by atoms with Gasteiger partial charge in [-0.05, 0) is 41.8 Å². The number of hydrogen-bond acceptors (Lipinski definition) is 18. The Morgan fingerprint density at radius 1 is 0.821 bits per heavy atom. The van der Waals surface area contributed by atoms with E-state index in [1.165, 1.54) is 22.9 Å². The number of carbonyl (C=O) groups is 1. The summed E-state index contributed by atoms with van der Waals surface area (Å²) in [5, 5.41) is 74.2. The molecule has 5 aromatic carbocycles. The van der Waals surface area contributed by atoms with Crippen molar-refractivity contribution in [2.24, 2.45) is 20.5 Å². The van der Waals surface area contributed by atoms with Gasteiger partial charge in [0.1, 0.15) is 43.0 Å². The van der Waals surface area contributed by atoms with E-state index in [0.717, 1.165) is 24.3 Å². The molecule has 0 saturated carbocycles. The van der Waals surface area contributed by atoms with Crippen LogP contribution in [0.5, 0.6) is 17.2 Å². The van der Waals surface area contributed by atoms with Crippen LogP contribution < -0.4 is 99.5 Å². The first-order valence-electron chi connectivity index (χ1n) is 16.9. The van der Waals surface area contributed by atoms with Crippen molar-refractivity contribution in [3.05, 3.63) is 121 Å². The Hall–Kier alpha value is -3.45. The fourth-order valence-electron chi connectivity index (χ4n) is 5.23. The largest absolute Gasteiger partial charge is 1.00 e. The smallest absolute Gasteiger partial charge is 0.506 e. The molecule has 67 heavy (non-hydrogen) atoms. The molecule has 1 amide bonds. The number of aromatic nitrogens is 2. The monoisotopic (exact) mass is 1150 g/mol. The molecule has 0 bridgehead atoms. The van der Waals surface area contributed by atoms with Gasteiger partial charge in [-0.25, -0.2) is 9.78 Å². The van der Waals surface area contributed by atoms with E-state index in [-0.39, 0.29) is 151 Å². The first-order valence-corrected chi connectivity index (χ1v) is 21.8. The quantitative estimate of drug-likeness (QED) is 0.0154. The van der Waals surface area contributed by atoms with Crippen molar-refractivity contribution < 1.29 is 162 Å². The Labute approximate surface area is 471 Å². The van der Waals surface area contributed by atoms with E-state index in [4.69, 9.17) is 0 Å². The van der Waals surface area contributed by atoms with Gasteiger partial charge in [0.2, 0.25) is 5.91 Å². The van der Waals surface area contributed by atoms with Gasteiger partial charge in [-0.3, -0.25) is 34.1 Å². The Balaban J connectivity index is 0.000000677. The standard InChI is InChI=1S/C19H14Br2N4O11S2.C16H12N5O4.Cr.3Na/c20-7-12(21)19(28)22-9-2-1-8-3-14(37(31,32)33)16(17(26)11(8)4-9)24-23-13-5-10(25(29)30)6-15(18(13)27)38(34,35)36;1-10-15(16(23)20(19-10)11-5-3-2-4-6-11)18-17-13-9-12(21(24)25)7-8-14(13)22;;;;/h1-6,12,26-27H,7H2,(H,22,28)(H,31,32,33)(H,34,35,36);2-9,22H,1H3;;;;/q;-1;;3*+1. The number of rotatable bonds is 12. The normalized spacial score (nSPS) is 11.5. The van der Waals surface area contributed by atoms with Crippen LogP contribution in [0.2, 0.25) is 0 Å². The van der Waals surface area contributed by atoms with Crippen LogP contribution in [-0.4, -0.2) is 77.0 Å². The number of non-ortho nitro benzene ring substituents is 2. The fourth-order valence-corrected chi connectivity index (χ4v) is 6.92. The number of nitro groups is 2. The number of nitrogens with zero attached hydrogens (tertiary/aromatic N) is 8. The number of nitro benzene ring substituents is 2. The minimum atomic E-state index is -5.17. The van der Waals surface area contributed by atoms with E-state index in [9.17, 15) is 71.1 Å². The van der Waals surface area contributed by atoms with Gasteiger partial charge >= 0.3 is 88.7 Å². The average molecular weight is 1160 g/mol. The van der Waals surface area contributed by atoms with Crippen LogP contribution >= 0.6 is 31.9 Å². The molecular formula is C35H26Br2CrN9Na3O15S2+2. The molecular weight excluding hydrogens is 1130 g/mol. The first-order chi connectivity index (χ1) is 29.5. The second-order valence-corrected chi connectivity index (χ2v) is 17.0. The van der Waals surface area contributed by atoms with E-state index < -0.39 is 84.7 Å². The number of anilines is 1. The van der Waals surface area contributed by atoms with E-state index in [2.05, 4.69) is 62.7 Å². The van der Waals surface area contributed by atoms with Crippen molar-refractivity contribution in [3.8, 4) is 22.9 Å². The SMILES string of the molecule is Cc1nn(-c2ccccc2)c(=O)[c-]1N=Nc1cc([N+](=O)[O-])ccc1O.O=C(Nc1ccc2cc(S(=O)(=O)O)c(N=Nc3cc([N+](=O)[O-])cc(S(=O)(=O)O)c3O)c(O)c2c1)C(Br)CBr.[Cr].[Na+].[Na+].[Na+]. The zero-order chi connectivity index (χ0) is 46.6. The molecule has 0 aliphatic heterocycles. The molecule has 32 heteroatoms. The zero-order valence-electron chi connectivity index (χ0n) is 34.7. The summed E-state index contributed by atoms with van der Waals surface area (Å²) in [7, 11) is -10.2. The van der Waals surface area contributed by atoms with E-state index in [0.29, 0.717) is 23.5 Å². The minimum absolute atomic E-state index is 0. The molecule has 334 valence electrons. The zero-order valence-corrected chi connectivity index (χ0v) is 46.8. The Kier molecular flexibility index (Phi) is 23.9. The number of halogens is 2. The van der Waals surface area contributed by atoms with E-state index in [1.807, 2.05) is 6.07 Å². The molecule has 6 rings (SSSR count). The van der Waals surface area contributed by atoms with Gasteiger partial charge in [-0.1, -0.05) is 68.7 Å². The van der Waals surface area contributed by atoms with Gasteiger partial charge in [0.15, 0.2) is 11.5 Å². The number of alkyl halides is 2. The number of benzene rings is 5. The number of amides is 1. The number of azo groups is 2. The number of fused-ring (bicyclic) bond motifs is 1. The van der Waals surface area contributed by atoms with Crippen LogP contribution in [0.1, 0.15) is 5.69 Å². The van der Waals surface area contributed by atoms with Gasteiger partial charge in [-0.15, -0.1) is 15.9 Å². The molecule has 1 atom stereocenters. The van der Waals surface area contributed by atoms with Crippen LogP contribution in [0.15, 0.2) is 120 Å². The summed E-state index contributed by atoms with van der Waals surface area (Å²) >= 11 is 6.27. The van der Waals surface area contributed by atoms with Crippen LogP contribution in [-0.2, 0) is 42.4 Å². The predicted octanol–water partition coefficient (Wildman–Crippen LogP) is -1.54. The summed E-state index contributed by atoms with van der Waals surface area (Å²) in [5.74, 6) is -2.87. The molecule has 0 fully saturated rings. The molecule has 0 aliphatic carbocycles. The van der Waals surface area contributed by atoms with Gasteiger partial charge < -0.3 is 30.5 Å². The number of carbonyl (C=O) groups excluding carboxylic acids is 1. The van der Waals surface area contributed by atoms with Crippen LogP contribution in [0.25, 0.3) is 16.5 Å². The molecule has 24 nitrogen and oxygen atoms in total. The van der Waals surface area contributed by atoms with Crippen LogP contribution in [0, 0.1) is 27.2 Å². The third-order valence-electron chi connectivity index (χ3n) is 8.22. The number of phenols is 3. The third kappa shape index (κ3) is 15.3. The number of phenolic OH excluding ortho intramolecular Hbond substituents is 3. The molecule has 6 N–H and O–H groups in total. The molecule has 0 radical (unpaired) electrons. The topological polar surface area (TPSA) is 369 Å². The summed E-state index contributed by atoms with van der Waals surface area (Å²) in [6.45, 7) is 1.60. The van der Waals surface area contributed by atoms with Gasteiger partial charge in [-0.2, -0.15) is 21.9 Å². The summed E-state index contributed by atoms with van der Waals surface area (Å²) in [6, 6.07) is 18.0. The number of hydrogen-bond donors (Lipinski definition) is 6. The molecule has 1 unspecified atom stereocenters. The molecule has 0 spiro atoms.